The van der Waals surface area contributed by atoms with Gasteiger partial charge in [0, 0.05) is 0 Å². The molecule has 1 aromatic heterocycles. The van der Waals surface area contributed by atoms with Crippen molar-refractivity contribution in [2.45, 2.75) is 6.92 Å². The van der Waals surface area contributed by atoms with Gasteiger partial charge in [0.1, 0.15) is 0 Å². The lowest BCUT2D eigenvalue weighted by molar-refractivity contribution is 0.0512. The van der Waals surface area contributed by atoms with Gasteiger partial charge in [-0.1, -0.05) is 0 Å². The summed E-state index contributed by atoms with van der Waals surface area (Å²) in [7, 11) is 0. The Labute approximate surface area is 63.0 Å². The van der Waals surface area contributed by atoms with Crippen molar-refractivity contribution in [2.24, 2.45) is 0 Å². The zero-order valence-electron chi connectivity index (χ0n) is 5.96. The van der Waals surface area contributed by atoms with E-state index in [9.17, 15) is 9.90 Å². The van der Waals surface area contributed by atoms with Crippen LogP contribution in [0.15, 0.2) is 6.20 Å². The maximum absolute atomic E-state index is 10.8. The third kappa shape index (κ3) is 1.70. The van der Waals surface area contributed by atoms with Gasteiger partial charge in [0.15, 0.2) is 0 Å². The van der Waals surface area contributed by atoms with Crippen LogP contribution in [0.4, 0.5) is 0 Å². The van der Waals surface area contributed by atoms with E-state index >= 15 is 0 Å². The molecule has 0 amide bonds. The van der Waals surface area contributed by atoms with Gasteiger partial charge < -0.3 is 9.72 Å². The largest absolute Gasteiger partial charge is 0.460 e. The summed E-state index contributed by atoms with van der Waals surface area (Å²) in [4.78, 5) is 16.5. The Morgan fingerprint density at radius 1 is 1.82 bits per heavy atom. The van der Waals surface area contributed by atoms with Crippen molar-refractivity contribution in [2.75, 3.05) is 6.61 Å². The topological polar surface area (TPSA) is 74.9 Å². The molecule has 0 aliphatic rings. The summed E-state index contributed by atoms with van der Waals surface area (Å²) in [6.07, 6.45) is 1.10. The lowest BCUT2D eigenvalue weighted by Gasteiger charge is -1.94. The molecule has 5 nitrogen and oxygen atoms in total. The van der Waals surface area contributed by atoms with Crippen LogP contribution >= 0.6 is 0 Å². The Balaban J connectivity index is 2.69. The SMILES string of the molecule is CCOC(=O)c1nc([O])c[nH]1. The van der Waals surface area contributed by atoms with Gasteiger partial charge in [0.2, 0.25) is 5.82 Å². The first kappa shape index (κ1) is 7.59. The van der Waals surface area contributed by atoms with E-state index in [0.29, 0.717) is 0 Å². The van der Waals surface area contributed by atoms with Gasteiger partial charge in [-0.3, -0.25) is 5.11 Å². The fourth-order valence-electron chi connectivity index (χ4n) is 0.609. The summed E-state index contributed by atoms with van der Waals surface area (Å²) in [5.74, 6) is -1.11. The molecular formula is C6H7N2O3. The second-order valence-corrected chi connectivity index (χ2v) is 1.81. The van der Waals surface area contributed by atoms with Gasteiger partial charge in [0.05, 0.1) is 12.8 Å². The van der Waals surface area contributed by atoms with E-state index in [1.165, 1.54) is 0 Å². The van der Waals surface area contributed by atoms with Crippen LogP contribution in [-0.4, -0.2) is 22.5 Å². The molecule has 0 aliphatic carbocycles. The highest BCUT2D eigenvalue weighted by molar-refractivity contribution is 5.85. The van der Waals surface area contributed by atoms with Crippen molar-refractivity contribution in [3.8, 4) is 5.88 Å². The molecule has 0 saturated heterocycles. The zero-order chi connectivity index (χ0) is 8.27. The number of imidazole rings is 1. The molecule has 0 spiro atoms. The number of nitrogens with zero attached hydrogens (tertiary/aromatic N) is 1. The number of aromatic amines is 1. The molecule has 1 heterocycles. The summed E-state index contributed by atoms with van der Waals surface area (Å²) in [6, 6.07) is 0. The molecule has 1 radical (unpaired) electrons. The summed E-state index contributed by atoms with van der Waals surface area (Å²) >= 11 is 0. The number of aromatic nitrogens is 2. The second-order valence-electron chi connectivity index (χ2n) is 1.81. The molecule has 5 heteroatoms. The lowest BCUT2D eigenvalue weighted by atomic mass is 10.6. The fourth-order valence-corrected chi connectivity index (χ4v) is 0.609. The molecule has 0 unspecified atom stereocenters. The first-order chi connectivity index (χ1) is 5.24. The molecule has 1 rings (SSSR count). The van der Waals surface area contributed by atoms with Crippen LogP contribution in [0.1, 0.15) is 17.5 Å². The maximum Gasteiger partial charge on any atom is 0.374 e. The van der Waals surface area contributed by atoms with Crippen LogP contribution in [-0.2, 0) is 9.84 Å². The highest BCUT2D eigenvalue weighted by atomic mass is 16.5. The molecule has 0 fully saturated rings. The number of carbonyl (C=O) groups excluding carboxylic acids is 1. The minimum absolute atomic E-state index is 0.0446. The van der Waals surface area contributed by atoms with Gasteiger partial charge in [-0.05, 0) is 6.92 Å². The second kappa shape index (κ2) is 3.05. The van der Waals surface area contributed by atoms with Crippen LogP contribution in [0.5, 0.6) is 5.88 Å². The molecule has 11 heavy (non-hydrogen) atoms. The summed E-state index contributed by atoms with van der Waals surface area (Å²) < 4.78 is 4.57. The molecule has 0 atom stereocenters. The minimum Gasteiger partial charge on any atom is -0.460 e. The number of esters is 1. The molecular weight excluding hydrogens is 148 g/mol. The Hall–Kier alpha value is -1.52. The highest BCUT2D eigenvalue weighted by Crippen LogP contribution is 2.04. The number of hydrogen-bond donors (Lipinski definition) is 1. The van der Waals surface area contributed by atoms with Crippen molar-refractivity contribution in [1.29, 1.82) is 0 Å². The number of hydrogen-bond acceptors (Lipinski definition) is 3. The van der Waals surface area contributed by atoms with Crippen molar-refractivity contribution in [1.82, 2.24) is 9.97 Å². The standard InChI is InChI=1S/C6H7N2O3/c1-2-11-6(10)5-7-3-4(9)8-5/h3H,2H2,1H3,(H,7,8). The molecule has 0 bridgehead atoms. The van der Waals surface area contributed by atoms with E-state index in [0.717, 1.165) is 6.20 Å². The average molecular weight is 155 g/mol. The average Bonchev–Trinajstić information content (AvgIpc) is 2.36. The summed E-state index contributed by atoms with van der Waals surface area (Å²) in [6.45, 7) is 1.95. The van der Waals surface area contributed by atoms with Crippen molar-refractivity contribution >= 4 is 5.97 Å². The van der Waals surface area contributed by atoms with Crippen molar-refractivity contribution in [3.05, 3.63) is 12.0 Å². The Morgan fingerprint density at radius 2 is 2.55 bits per heavy atom. The van der Waals surface area contributed by atoms with E-state index < -0.39 is 11.8 Å². The number of ether oxygens (including phenoxy) is 1. The fraction of sp³-hybridized carbons (Fsp3) is 0.333. The first-order valence-corrected chi connectivity index (χ1v) is 3.13. The molecule has 0 aromatic carbocycles. The number of nitrogens with one attached hydrogen (secondary N) is 1. The van der Waals surface area contributed by atoms with Crippen molar-refractivity contribution < 1.29 is 14.6 Å². The Morgan fingerprint density at radius 3 is 3.00 bits per heavy atom. The van der Waals surface area contributed by atoms with Crippen LogP contribution in [0, 0.1) is 0 Å². The molecule has 1 N–H and O–H groups in total. The van der Waals surface area contributed by atoms with E-state index in [2.05, 4.69) is 14.7 Å². The van der Waals surface area contributed by atoms with Gasteiger partial charge in [0.25, 0.3) is 5.88 Å². The quantitative estimate of drug-likeness (QED) is 0.639. The van der Waals surface area contributed by atoms with E-state index in [1.54, 1.807) is 6.92 Å². The maximum atomic E-state index is 10.8. The zero-order valence-corrected chi connectivity index (χ0v) is 5.96. The molecule has 0 saturated carbocycles. The van der Waals surface area contributed by atoms with Gasteiger partial charge >= 0.3 is 5.97 Å². The normalized spacial score (nSPS) is 9.55. The highest BCUT2D eigenvalue weighted by Gasteiger charge is 2.10. The predicted molar refractivity (Wildman–Crippen MR) is 34.7 cm³/mol. The van der Waals surface area contributed by atoms with Crippen LogP contribution in [0.25, 0.3) is 0 Å². The van der Waals surface area contributed by atoms with Gasteiger partial charge in [-0.2, -0.15) is 4.98 Å². The molecule has 59 valence electrons. The van der Waals surface area contributed by atoms with Crippen LogP contribution in [0.3, 0.4) is 0 Å². The summed E-state index contributed by atoms with van der Waals surface area (Å²) in [5.41, 5.74) is 0. The third-order valence-corrected chi connectivity index (χ3v) is 1.02. The summed E-state index contributed by atoms with van der Waals surface area (Å²) in [5, 5.41) is 10.4. The van der Waals surface area contributed by atoms with Crippen LogP contribution < -0.4 is 0 Å². The number of carbonyl (C=O) groups is 1. The van der Waals surface area contributed by atoms with Crippen molar-refractivity contribution in [3.63, 3.8) is 0 Å². The lowest BCUT2D eigenvalue weighted by Crippen LogP contribution is -2.06. The van der Waals surface area contributed by atoms with Crippen LogP contribution in [0.2, 0.25) is 0 Å². The Kier molecular flexibility index (Phi) is 2.10. The number of H-pyrrole nitrogens is 1. The predicted octanol–water partition coefficient (Wildman–Crippen LogP) is 0.730. The van der Waals surface area contributed by atoms with Gasteiger partial charge in [-0.25, -0.2) is 4.79 Å². The molecule has 1 aromatic rings. The Bertz CT molecular complexity index is 256. The molecule has 0 aliphatic heterocycles. The van der Waals surface area contributed by atoms with E-state index in [4.69, 9.17) is 0 Å². The minimum atomic E-state index is -0.602. The van der Waals surface area contributed by atoms with E-state index in [-0.39, 0.29) is 12.4 Å². The van der Waals surface area contributed by atoms with Gasteiger partial charge in [-0.15, -0.1) is 0 Å². The monoisotopic (exact) mass is 155 g/mol. The number of rotatable bonds is 2. The third-order valence-electron chi connectivity index (χ3n) is 1.02. The first-order valence-electron chi connectivity index (χ1n) is 3.13. The smallest absolute Gasteiger partial charge is 0.374 e. The van der Waals surface area contributed by atoms with E-state index in [1.807, 2.05) is 0 Å².